The summed E-state index contributed by atoms with van der Waals surface area (Å²) in [5.74, 6) is 0.878. The van der Waals surface area contributed by atoms with Crippen LogP contribution < -0.4 is 0 Å². The average Bonchev–Trinajstić information content (AvgIpc) is 3.01. The van der Waals surface area contributed by atoms with E-state index in [-0.39, 0.29) is 11.4 Å². The van der Waals surface area contributed by atoms with Crippen LogP contribution in [0.15, 0.2) is 24.4 Å². The van der Waals surface area contributed by atoms with E-state index in [1.165, 1.54) is 9.75 Å². The van der Waals surface area contributed by atoms with Gasteiger partial charge in [-0.1, -0.05) is 0 Å². The van der Waals surface area contributed by atoms with Gasteiger partial charge in [0.05, 0.1) is 11.4 Å². The van der Waals surface area contributed by atoms with Gasteiger partial charge in [0.2, 0.25) is 0 Å². The largest absolute Gasteiger partial charge is 0.303 e. The van der Waals surface area contributed by atoms with Gasteiger partial charge in [-0.15, -0.1) is 22.9 Å². The van der Waals surface area contributed by atoms with Crippen molar-refractivity contribution in [1.82, 2.24) is 14.5 Å². The number of thiophene rings is 1. The first kappa shape index (κ1) is 14.5. The Labute approximate surface area is 133 Å². The number of aryl methyl sites for hydroxylation is 2. The highest BCUT2D eigenvalue weighted by Crippen LogP contribution is 2.33. The Balaban J connectivity index is 2.21. The Hall–Kier alpha value is -1.39. The van der Waals surface area contributed by atoms with Crippen LogP contribution in [0.5, 0.6) is 0 Å². The van der Waals surface area contributed by atoms with Gasteiger partial charge in [0.15, 0.2) is 5.65 Å². The number of pyridine rings is 1. The molecule has 0 aliphatic carbocycles. The molecule has 2 unspecified atom stereocenters. The molecule has 3 heterocycles. The number of imidazole rings is 1. The molecule has 3 rings (SSSR count). The van der Waals surface area contributed by atoms with E-state index in [1.807, 2.05) is 20.0 Å². The van der Waals surface area contributed by atoms with Gasteiger partial charge in [-0.2, -0.15) is 0 Å². The predicted molar refractivity (Wildman–Crippen MR) is 89.4 cm³/mol. The molecule has 0 bridgehead atoms. The summed E-state index contributed by atoms with van der Waals surface area (Å²) in [7, 11) is 0. The van der Waals surface area contributed by atoms with E-state index >= 15 is 0 Å². The molecule has 0 amide bonds. The van der Waals surface area contributed by atoms with Gasteiger partial charge >= 0.3 is 0 Å². The quantitative estimate of drug-likeness (QED) is 0.635. The Kier molecular flexibility index (Phi) is 3.76. The minimum Gasteiger partial charge on any atom is -0.303 e. The molecule has 5 heteroatoms. The van der Waals surface area contributed by atoms with Crippen molar-refractivity contribution in [2.45, 2.75) is 39.1 Å². The zero-order valence-electron chi connectivity index (χ0n) is 12.6. The molecule has 2 atom stereocenters. The average molecular weight is 320 g/mol. The monoisotopic (exact) mass is 319 g/mol. The van der Waals surface area contributed by atoms with Gasteiger partial charge in [0.1, 0.15) is 11.3 Å². The lowest BCUT2D eigenvalue weighted by Crippen LogP contribution is -2.10. The topological polar surface area (TPSA) is 30.7 Å². The van der Waals surface area contributed by atoms with Crippen molar-refractivity contribution in [2.24, 2.45) is 0 Å². The smallest absolute Gasteiger partial charge is 0.160 e. The molecule has 0 saturated heterocycles. The Morgan fingerprint density at radius 1 is 1.24 bits per heavy atom. The van der Waals surface area contributed by atoms with Crippen molar-refractivity contribution < 1.29 is 0 Å². The van der Waals surface area contributed by atoms with Gasteiger partial charge in [-0.3, -0.25) is 0 Å². The van der Waals surface area contributed by atoms with Crippen LogP contribution in [0.4, 0.5) is 0 Å². The first-order chi connectivity index (χ1) is 9.97. The van der Waals surface area contributed by atoms with Crippen molar-refractivity contribution in [3.8, 4) is 0 Å². The molecule has 3 aromatic heterocycles. The fourth-order valence-electron chi connectivity index (χ4n) is 2.57. The molecule has 0 radical (unpaired) electrons. The Morgan fingerprint density at radius 2 is 2.00 bits per heavy atom. The van der Waals surface area contributed by atoms with Crippen LogP contribution in [0, 0.1) is 13.8 Å². The van der Waals surface area contributed by atoms with Crippen molar-refractivity contribution in [3.05, 3.63) is 45.5 Å². The molecule has 21 heavy (non-hydrogen) atoms. The van der Waals surface area contributed by atoms with E-state index in [9.17, 15) is 0 Å². The third-order valence-electron chi connectivity index (χ3n) is 3.61. The van der Waals surface area contributed by atoms with Crippen LogP contribution in [-0.4, -0.2) is 14.5 Å². The van der Waals surface area contributed by atoms with Crippen molar-refractivity contribution in [3.63, 3.8) is 0 Å². The summed E-state index contributed by atoms with van der Waals surface area (Å²) in [6.07, 6.45) is 1.88. The lowest BCUT2D eigenvalue weighted by atomic mass is 10.2. The third-order valence-corrected chi connectivity index (χ3v) is 4.98. The number of nitrogens with zero attached hydrogens (tertiary/aromatic N) is 3. The molecule has 0 fully saturated rings. The van der Waals surface area contributed by atoms with Gasteiger partial charge in [0.25, 0.3) is 0 Å². The van der Waals surface area contributed by atoms with Crippen LogP contribution in [0.2, 0.25) is 0 Å². The second-order valence-corrected chi connectivity index (χ2v) is 7.41. The van der Waals surface area contributed by atoms with Gasteiger partial charge in [0, 0.05) is 16.0 Å². The Morgan fingerprint density at radius 3 is 2.62 bits per heavy atom. The number of hydrogen-bond acceptors (Lipinski definition) is 3. The molecule has 0 spiro atoms. The summed E-state index contributed by atoms with van der Waals surface area (Å²) in [5.41, 5.74) is 2.93. The van der Waals surface area contributed by atoms with Crippen molar-refractivity contribution in [1.29, 1.82) is 0 Å². The predicted octanol–water partition coefficient (Wildman–Crippen LogP) is 5.02. The van der Waals surface area contributed by atoms with E-state index in [1.54, 1.807) is 11.3 Å². The highest BCUT2D eigenvalue weighted by Gasteiger charge is 2.21. The summed E-state index contributed by atoms with van der Waals surface area (Å²) in [6.45, 7) is 8.29. The molecular formula is C16H18ClN3S. The molecule has 3 nitrogen and oxygen atoms in total. The number of hydrogen-bond donors (Lipinski definition) is 0. The summed E-state index contributed by atoms with van der Waals surface area (Å²) in [4.78, 5) is 11.9. The standard InChI is InChI=1S/C16H18ClN3S/c1-9-7-13-16(18-8-9)20(15(19-13)11(3)17)12(4)14-6-5-10(2)21-14/h5-8,11-12H,1-4H3. The molecule has 0 aromatic carbocycles. The number of rotatable bonds is 3. The van der Waals surface area contributed by atoms with Gasteiger partial charge in [-0.05, 0) is 51.5 Å². The van der Waals surface area contributed by atoms with Gasteiger partial charge in [-0.25, -0.2) is 9.97 Å². The summed E-state index contributed by atoms with van der Waals surface area (Å²) in [5, 5.41) is -0.150. The second kappa shape index (κ2) is 5.43. The van der Waals surface area contributed by atoms with E-state index in [0.29, 0.717) is 0 Å². The molecule has 110 valence electrons. The maximum absolute atomic E-state index is 6.35. The summed E-state index contributed by atoms with van der Waals surface area (Å²) < 4.78 is 2.16. The fraction of sp³-hybridized carbons (Fsp3) is 0.375. The summed E-state index contributed by atoms with van der Waals surface area (Å²) >= 11 is 8.16. The number of halogens is 1. The van der Waals surface area contributed by atoms with E-state index in [2.05, 4.69) is 41.6 Å². The molecule has 0 saturated carbocycles. The fourth-order valence-corrected chi connectivity index (χ4v) is 3.64. The van der Waals surface area contributed by atoms with Crippen LogP contribution in [0.25, 0.3) is 11.2 Å². The highest BCUT2D eigenvalue weighted by molar-refractivity contribution is 7.12. The summed E-state index contributed by atoms with van der Waals surface area (Å²) in [6, 6.07) is 6.57. The minimum absolute atomic E-state index is 0.150. The second-order valence-electron chi connectivity index (χ2n) is 5.44. The Bertz CT molecular complexity index is 788. The van der Waals surface area contributed by atoms with Crippen molar-refractivity contribution in [2.75, 3.05) is 0 Å². The maximum atomic E-state index is 6.35. The molecule has 0 N–H and O–H groups in total. The maximum Gasteiger partial charge on any atom is 0.160 e. The highest BCUT2D eigenvalue weighted by atomic mass is 35.5. The zero-order chi connectivity index (χ0) is 15.1. The van der Waals surface area contributed by atoms with Gasteiger partial charge < -0.3 is 4.57 Å². The van der Waals surface area contributed by atoms with E-state index in [4.69, 9.17) is 16.6 Å². The van der Waals surface area contributed by atoms with Crippen LogP contribution in [0.3, 0.4) is 0 Å². The first-order valence-corrected chi connectivity index (χ1v) is 8.27. The SMILES string of the molecule is Cc1cnc2c(c1)nc(C(C)Cl)n2C(C)c1ccc(C)s1. The lowest BCUT2D eigenvalue weighted by Gasteiger charge is -2.16. The molecule has 0 aliphatic heterocycles. The molecule has 0 aliphatic rings. The number of alkyl halides is 1. The lowest BCUT2D eigenvalue weighted by molar-refractivity contribution is 0.623. The first-order valence-electron chi connectivity index (χ1n) is 7.02. The third kappa shape index (κ3) is 2.58. The molecular weight excluding hydrogens is 302 g/mol. The number of fused-ring (bicyclic) bond motifs is 1. The van der Waals surface area contributed by atoms with Crippen LogP contribution in [-0.2, 0) is 0 Å². The zero-order valence-corrected chi connectivity index (χ0v) is 14.2. The van der Waals surface area contributed by atoms with E-state index < -0.39 is 0 Å². The van der Waals surface area contributed by atoms with Crippen LogP contribution >= 0.6 is 22.9 Å². The minimum atomic E-state index is -0.150. The van der Waals surface area contributed by atoms with Crippen molar-refractivity contribution >= 4 is 34.1 Å². The van der Waals surface area contributed by atoms with Crippen LogP contribution in [0.1, 0.15) is 46.4 Å². The van der Waals surface area contributed by atoms with E-state index in [0.717, 1.165) is 22.6 Å². The number of aromatic nitrogens is 3. The molecule has 3 aromatic rings. The normalized spacial score (nSPS) is 14.5.